The van der Waals surface area contributed by atoms with Gasteiger partial charge in [-0.25, -0.2) is 14.6 Å². The van der Waals surface area contributed by atoms with Crippen LogP contribution in [0.4, 0.5) is 0 Å². The largest absolute Gasteiger partial charge is 0.462 e. The van der Waals surface area contributed by atoms with Gasteiger partial charge in [-0.1, -0.05) is 0 Å². The Kier molecular flexibility index (Phi) is 3.97. The van der Waals surface area contributed by atoms with Crippen LogP contribution in [0.25, 0.3) is 0 Å². The van der Waals surface area contributed by atoms with Crippen LogP contribution in [0.1, 0.15) is 28.5 Å². The van der Waals surface area contributed by atoms with Gasteiger partial charge in [0.2, 0.25) is 0 Å². The molecule has 0 saturated carbocycles. The number of nitrogens with zero attached hydrogens (tertiary/aromatic N) is 4. The van der Waals surface area contributed by atoms with Crippen molar-refractivity contribution in [2.45, 2.75) is 20.4 Å². The van der Waals surface area contributed by atoms with Crippen LogP contribution in [0.5, 0.6) is 0 Å². The molecule has 0 N–H and O–H groups in total. The Labute approximate surface area is 115 Å². The SMILES string of the molecule is CCOC(=O)c1cnn(C)c1Cn1cc(C)cnc1=O. The highest BCUT2D eigenvalue weighted by atomic mass is 16.5. The molecule has 0 fully saturated rings. The molecule has 0 saturated heterocycles. The number of hydrogen-bond acceptors (Lipinski definition) is 5. The van der Waals surface area contributed by atoms with E-state index in [0.717, 1.165) is 5.56 Å². The lowest BCUT2D eigenvalue weighted by atomic mass is 10.2. The van der Waals surface area contributed by atoms with Gasteiger partial charge in [0.25, 0.3) is 0 Å². The number of hydrogen-bond donors (Lipinski definition) is 0. The highest BCUT2D eigenvalue weighted by Gasteiger charge is 2.17. The summed E-state index contributed by atoms with van der Waals surface area (Å²) in [4.78, 5) is 27.3. The molecule has 0 aromatic carbocycles. The molecule has 0 amide bonds. The third-order valence-electron chi connectivity index (χ3n) is 2.86. The summed E-state index contributed by atoms with van der Waals surface area (Å²) in [5, 5.41) is 4.05. The molecule has 20 heavy (non-hydrogen) atoms. The van der Waals surface area contributed by atoms with Crippen molar-refractivity contribution in [1.29, 1.82) is 0 Å². The predicted octanol–water partition coefficient (Wildman–Crippen LogP) is 0.510. The molecular weight excluding hydrogens is 260 g/mol. The minimum atomic E-state index is -0.440. The van der Waals surface area contributed by atoms with E-state index in [0.29, 0.717) is 17.9 Å². The molecule has 0 bridgehead atoms. The third kappa shape index (κ3) is 2.76. The molecule has 0 aliphatic heterocycles. The van der Waals surface area contributed by atoms with Gasteiger partial charge in [-0.3, -0.25) is 9.25 Å². The summed E-state index contributed by atoms with van der Waals surface area (Å²) in [7, 11) is 1.71. The van der Waals surface area contributed by atoms with Gasteiger partial charge in [0.1, 0.15) is 5.56 Å². The number of carbonyl (C=O) groups is 1. The molecule has 2 aromatic heterocycles. The number of ether oxygens (including phenoxy) is 1. The zero-order chi connectivity index (χ0) is 14.7. The lowest BCUT2D eigenvalue weighted by Gasteiger charge is -2.08. The molecule has 106 valence electrons. The van der Waals surface area contributed by atoms with E-state index in [-0.39, 0.29) is 12.2 Å². The van der Waals surface area contributed by atoms with Crippen LogP contribution in [0.15, 0.2) is 23.4 Å². The van der Waals surface area contributed by atoms with Gasteiger partial charge >= 0.3 is 11.7 Å². The normalized spacial score (nSPS) is 10.6. The molecule has 2 heterocycles. The molecule has 0 aliphatic rings. The Bertz CT molecular complexity index is 687. The summed E-state index contributed by atoms with van der Waals surface area (Å²) in [6.07, 6.45) is 4.65. The molecule has 7 heteroatoms. The van der Waals surface area contributed by atoms with E-state index >= 15 is 0 Å². The minimum Gasteiger partial charge on any atom is -0.462 e. The topological polar surface area (TPSA) is 79.0 Å². The van der Waals surface area contributed by atoms with Gasteiger partial charge in [-0.2, -0.15) is 5.10 Å². The van der Waals surface area contributed by atoms with Crippen molar-refractivity contribution < 1.29 is 9.53 Å². The van der Waals surface area contributed by atoms with E-state index in [2.05, 4.69) is 10.1 Å². The second-order valence-corrected chi connectivity index (χ2v) is 4.39. The maximum absolute atomic E-state index is 11.8. The number of aromatic nitrogens is 4. The van der Waals surface area contributed by atoms with Crippen LogP contribution in [0.2, 0.25) is 0 Å². The fourth-order valence-electron chi connectivity index (χ4n) is 1.87. The average Bonchev–Trinajstić information content (AvgIpc) is 2.76. The van der Waals surface area contributed by atoms with Gasteiger partial charge in [0.15, 0.2) is 0 Å². The molecule has 0 radical (unpaired) electrons. The van der Waals surface area contributed by atoms with Crippen molar-refractivity contribution >= 4 is 5.97 Å². The summed E-state index contributed by atoms with van der Waals surface area (Å²) >= 11 is 0. The molecule has 0 unspecified atom stereocenters. The van der Waals surface area contributed by atoms with Gasteiger partial charge in [-0.05, 0) is 19.4 Å². The van der Waals surface area contributed by atoms with E-state index in [9.17, 15) is 9.59 Å². The van der Waals surface area contributed by atoms with Gasteiger partial charge in [0, 0.05) is 19.4 Å². The fourth-order valence-corrected chi connectivity index (χ4v) is 1.87. The smallest absolute Gasteiger partial charge is 0.347 e. The summed E-state index contributed by atoms with van der Waals surface area (Å²) in [6, 6.07) is 0. The quantitative estimate of drug-likeness (QED) is 0.760. The first-order valence-corrected chi connectivity index (χ1v) is 6.24. The summed E-state index contributed by atoms with van der Waals surface area (Å²) < 4.78 is 7.97. The molecule has 0 spiro atoms. The minimum absolute atomic E-state index is 0.220. The van der Waals surface area contributed by atoms with Crippen molar-refractivity contribution in [3.05, 3.63) is 45.9 Å². The van der Waals surface area contributed by atoms with Crippen molar-refractivity contribution in [2.75, 3.05) is 6.61 Å². The fraction of sp³-hybridized carbons (Fsp3) is 0.385. The lowest BCUT2D eigenvalue weighted by Crippen LogP contribution is -2.25. The lowest BCUT2D eigenvalue weighted by molar-refractivity contribution is 0.0524. The summed E-state index contributed by atoms with van der Waals surface area (Å²) in [5.41, 5.74) is 1.47. The molecule has 0 atom stereocenters. The van der Waals surface area contributed by atoms with E-state index in [1.54, 1.807) is 24.9 Å². The van der Waals surface area contributed by atoms with Crippen LogP contribution >= 0.6 is 0 Å². The van der Waals surface area contributed by atoms with Crippen LogP contribution in [-0.4, -0.2) is 31.9 Å². The van der Waals surface area contributed by atoms with Crippen molar-refractivity contribution in [3.63, 3.8) is 0 Å². The van der Waals surface area contributed by atoms with E-state index in [1.165, 1.54) is 17.0 Å². The Morgan fingerprint density at radius 2 is 2.15 bits per heavy atom. The zero-order valence-corrected chi connectivity index (χ0v) is 11.7. The predicted molar refractivity (Wildman–Crippen MR) is 71.5 cm³/mol. The first-order valence-electron chi connectivity index (χ1n) is 6.24. The molecule has 2 aromatic rings. The second-order valence-electron chi connectivity index (χ2n) is 4.39. The Morgan fingerprint density at radius 3 is 2.85 bits per heavy atom. The summed E-state index contributed by atoms with van der Waals surface area (Å²) in [5.74, 6) is -0.440. The maximum Gasteiger partial charge on any atom is 0.347 e. The first-order chi connectivity index (χ1) is 9.52. The third-order valence-corrected chi connectivity index (χ3v) is 2.86. The van der Waals surface area contributed by atoms with Gasteiger partial charge < -0.3 is 4.74 Å². The summed E-state index contributed by atoms with van der Waals surface area (Å²) in [6.45, 7) is 4.10. The number of aryl methyl sites for hydroxylation is 2. The Balaban J connectivity index is 2.38. The van der Waals surface area contributed by atoms with Crippen LogP contribution in [-0.2, 0) is 18.3 Å². The molecule has 0 aliphatic carbocycles. The molecule has 2 rings (SSSR count). The van der Waals surface area contributed by atoms with Crippen LogP contribution in [0.3, 0.4) is 0 Å². The van der Waals surface area contributed by atoms with Crippen molar-refractivity contribution in [3.8, 4) is 0 Å². The van der Waals surface area contributed by atoms with E-state index in [4.69, 9.17) is 4.74 Å². The van der Waals surface area contributed by atoms with Crippen LogP contribution in [0, 0.1) is 6.92 Å². The van der Waals surface area contributed by atoms with Crippen LogP contribution < -0.4 is 5.69 Å². The highest BCUT2D eigenvalue weighted by Crippen LogP contribution is 2.10. The van der Waals surface area contributed by atoms with E-state index < -0.39 is 5.97 Å². The van der Waals surface area contributed by atoms with Gasteiger partial charge in [0.05, 0.1) is 25.0 Å². The number of esters is 1. The average molecular weight is 276 g/mol. The highest BCUT2D eigenvalue weighted by molar-refractivity contribution is 5.90. The van der Waals surface area contributed by atoms with Crippen molar-refractivity contribution in [1.82, 2.24) is 19.3 Å². The Hall–Kier alpha value is -2.44. The molecule has 7 nitrogen and oxygen atoms in total. The van der Waals surface area contributed by atoms with Gasteiger partial charge in [-0.15, -0.1) is 0 Å². The van der Waals surface area contributed by atoms with Crippen molar-refractivity contribution in [2.24, 2.45) is 7.05 Å². The monoisotopic (exact) mass is 276 g/mol. The second kappa shape index (κ2) is 5.68. The Morgan fingerprint density at radius 1 is 1.40 bits per heavy atom. The maximum atomic E-state index is 11.8. The zero-order valence-electron chi connectivity index (χ0n) is 11.7. The van der Waals surface area contributed by atoms with E-state index in [1.807, 2.05) is 6.92 Å². The molecular formula is C13H16N4O3. The standard InChI is InChI=1S/C13H16N4O3/c1-4-20-12(18)10-6-15-16(3)11(10)8-17-7-9(2)5-14-13(17)19/h5-7H,4,8H2,1-3H3. The first kappa shape index (κ1) is 14.0. The number of rotatable bonds is 4. The number of carbonyl (C=O) groups excluding carboxylic acids is 1.